The molecule has 0 aliphatic carbocycles. The molecule has 0 radical (unpaired) electrons. The number of amides is 1. The van der Waals surface area contributed by atoms with Gasteiger partial charge in [-0.3, -0.25) is 4.79 Å². The van der Waals surface area contributed by atoms with Gasteiger partial charge < -0.3 is 11.1 Å². The number of rotatable bonds is 10. The van der Waals surface area contributed by atoms with Crippen LogP contribution in [0.4, 0.5) is 0 Å². The average molecular weight is 218 g/mol. The van der Waals surface area contributed by atoms with Gasteiger partial charge in [0.05, 0.1) is 0 Å². The highest BCUT2D eigenvalue weighted by atomic mass is 32.2. The number of hydrogen-bond donors (Lipinski definition) is 2. The van der Waals surface area contributed by atoms with E-state index in [-0.39, 0.29) is 5.91 Å². The summed E-state index contributed by atoms with van der Waals surface area (Å²) < 4.78 is 0. The van der Waals surface area contributed by atoms with E-state index in [1.807, 2.05) is 11.8 Å². The van der Waals surface area contributed by atoms with Gasteiger partial charge in [-0.15, -0.1) is 0 Å². The van der Waals surface area contributed by atoms with Crippen molar-refractivity contribution in [2.24, 2.45) is 5.73 Å². The molecule has 0 bridgehead atoms. The van der Waals surface area contributed by atoms with E-state index in [1.54, 1.807) is 0 Å². The molecule has 0 aromatic rings. The molecule has 0 aromatic heterocycles. The van der Waals surface area contributed by atoms with Crippen LogP contribution < -0.4 is 11.1 Å². The number of nitrogens with one attached hydrogen (secondary N) is 1. The Labute approximate surface area is 91.2 Å². The topological polar surface area (TPSA) is 55.1 Å². The highest BCUT2D eigenvalue weighted by Gasteiger charge is 1.93. The lowest BCUT2D eigenvalue weighted by atomic mass is 10.2. The first-order chi connectivity index (χ1) is 6.77. The third kappa shape index (κ3) is 11.8. The molecule has 0 fully saturated rings. The van der Waals surface area contributed by atoms with Gasteiger partial charge in [0.2, 0.25) is 5.91 Å². The zero-order valence-electron chi connectivity index (χ0n) is 9.05. The maximum atomic E-state index is 10.4. The van der Waals surface area contributed by atoms with Crippen molar-refractivity contribution in [3.05, 3.63) is 0 Å². The Morgan fingerprint density at radius 1 is 1.21 bits per heavy atom. The Hall–Kier alpha value is -0.220. The molecular formula is C10H22N2OS. The van der Waals surface area contributed by atoms with Crippen molar-refractivity contribution < 1.29 is 4.79 Å². The van der Waals surface area contributed by atoms with Crippen LogP contribution in [-0.4, -0.2) is 31.0 Å². The Morgan fingerprint density at radius 2 is 1.93 bits per heavy atom. The second-order valence-electron chi connectivity index (χ2n) is 3.37. The normalized spacial score (nSPS) is 10.4. The van der Waals surface area contributed by atoms with Crippen molar-refractivity contribution >= 4 is 17.7 Å². The fourth-order valence-electron chi connectivity index (χ4n) is 1.19. The van der Waals surface area contributed by atoms with E-state index < -0.39 is 0 Å². The number of carbonyl (C=O) groups is 1. The van der Waals surface area contributed by atoms with Crippen LogP contribution in [0.25, 0.3) is 0 Å². The van der Waals surface area contributed by atoms with Crippen LogP contribution in [0.5, 0.6) is 0 Å². The molecule has 0 rings (SSSR count). The molecule has 0 unspecified atom stereocenters. The summed E-state index contributed by atoms with van der Waals surface area (Å²) in [6.07, 6.45) is 7.72. The molecule has 3 nitrogen and oxygen atoms in total. The molecule has 0 saturated carbocycles. The van der Waals surface area contributed by atoms with Crippen LogP contribution in [0.2, 0.25) is 0 Å². The Balaban J connectivity index is 2.88. The number of primary amides is 1. The summed E-state index contributed by atoms with van der Waals surface area (Å²) in [5.41, 5.74) is 5.01. The summed E-state index contributed by atoms with van der Waals surface area (Å²) in [6.45, 7) is 1.73. The first-order valence-electron chi connectivity index (χ1n) is 5.25. The van der Waals surface area contributed by atoms with Gasteiger partial charge in [-0.1, -0.05) is 12.8 Å². The van der Waals surface area contributed by atoms with Crippen molar-refractivity contribution in [2.75, 3.05) is 25.1 Å². The second kappa shape index (κ2) is 10.9. The molecule has 0 atom stereocenters. The lowest BCUT2D eigenvalue weighted by molar-refractivity contribution is -0.117. The molecule has 14 heavy (non-hydrogen) atoms. The number of hydrogen-bond acceptors (Lipinski definition) is 3. The lowest BCUT2D eigenvalue weighted by Crippen LogP contribution is -2.22. The average Bonchev–Trinajstić information content (AvgIpc) is 2.15. The zero-order chi connectivity index (χ0) is 10.6. The first kappa shape index (κ1) is 13.8. The van der Waals surface area contributed by atoms with Crippen molar-refractivity contribution in [3.8, 4) is 0 Å². The molecule has 0 aliphatic heterocycles. The number of carbonyl (C=O) groups excluding carboxylic acids is 1. The number of unbranched alkanes of at least 4 members (excludes halogenated alkanes) is 3. The summed E-state index contributed by atoms with van der Waals surface area (Å²) in [5.74, 6) is 1.05. The molecule has 0 aromatic carbocycles. The SMILES string of the molecule is CSCCCCCCNCCC(N)=O. The van der Waals surface area contributed by atoms with Crippen LogP contribution >= 0.6 is 11.8 Å². The van der Waals surface area contributed by atoms with E-state index in [2.05, 4.69) is 11.6 Å². The fraction of sp³-hybridized carbons (Fsp3) is 0.900. The van der Waals surface area contributed by atoms with E-state index in [1.165, 1.54) is 31.4 Å². The predicted octanol–water partition coefficient (Wildman–Crippen LogP) is 1.37. The summed E-state index contributed by atoms with van der Waals surface area (Å²) in [6, 6.07) is 0. The third-order valence-corrected chi connectivity index (χ3v) is 2.70. The molecule has 0 spiro atoms. The predicted molar refractivity (Wildman–Crippen MR) is 63.5 cm³/mol. The van der Waals surface area contributed by atoms with Crippen LogP contribution in [0.3, 0.4) is 0 Å². The minimum Gasteiger partial charge on any atom is -0.370 e. The standard InChI is InChI=1S/C10H22N2OS/c1-14-9-5-3-2-4-7-12-8-6-10(11)13/h12H,2-9H2,1H3,(H2,11,13). The monoisotopic (exact) mass is 218 g/mol. The van der Waals surface area contributed by atoms with Crippen molar-refractivity contribution in [3.63, 3.8) is 0 Å². The molecule has 0 heterocycles. The van der Waals surface area contributed by atoms with Gasteiger partial charge in [0.25, 0.3) is 0 Å². The van der Waals surface area contributed by atoms with Crippen LogP contribution in [0, 0.1) is 0 Å². The van der Waals surface area contributed by atoms with Crippen LogP contribution in [0.1, 0.15) is 32.1 Å². The smallest absolute Gasteiger partial charge is 0.218 e. The largest absolute Gasteiger partial charge is 0.370 e. The molecule has 0 aliphatic rings. The van der Waals surface area contributed by atoms with Gasteiger partial charge >= 0.3 is 0 Å². The minimum absolute atomic E-state index is 0.225. The summed E-state index contributed by atoms with van der Waals surface area (Å²) >= 11 is 1.91. The summed E-state index contributed by atoms with van der Waals surface area (Å²) in [5, 5.41) is 3.20. The van der Waals surface area contributed by atoms with Crippen molar-refractivity contribution in [2.45, 2.75) is 32.1 Å². The van der Waals surface area contributed by atoms with Gasteiger partial charge in [0, 0.05) is 13.0 Å². The van der Waals surface area contributed by atoms with E-state index >= 15 is 0 Å². The van der Waals surface area contributed by atoms with Gasteiger partial charge in [0.15, 0.2) is 0 Å². The molecule has 4 heteroatoms. The number of nitrogens with two attached hydrogens (primary N) is 1. The van der Waals surface area contributed by atoms with Crippen LogP contribution in [-0.2, 0) is 4.79 Å². The van der Waals surface area contributed by atoms with E-state index in [0.717, 1.165) is 13.1 Å². The Kier molecular flexibility index (Phi) is 10.7. The third-order valence-electron chi connectivity index (χ3n) is 2.00. The molecular weight excluding hydrogens is 196 g/mol. The lowest BCUT2D eigenvalue weighted by Gasteiger charge is -2.02. The maximum Gasteiger partial charge on any atom is 0.218 e. The Morgan fingerprint density at radius 3 is 2.57 bits per heavy atom. The van der Waals surface area contributed by atoms with Gasteiger partial charge in [-0.2, -0.15) is 11.8 Å². The highest BCUT2D eigenvalue weighted by Crippen LogP contribution is 2.03. The van der Waals surface area contributed by atoms with Gasteiger partial charge in [-0.25, -0.2) is 0 Å². The van der Waals surface area contributed by atoms with Crippen molar-refractivity contribution in [1.82, 2.24) is 5.32 Å². The molecule has 1 amide bonds. The second-order valence-corrected chi connectivity index (χ2v) is 4.36. The highest BCUT2D eigenvalue weighted by molar-refractivity contribution is 7.98. The van der Waals surface area contributed by atoms with E-state index in [4.69, 9.17) is 5.73 Å². The molecule has 0 saturated heterocycles. The summed E-state index contributed by atoms with van der Waals surface area (Å²) in [4.78, 5) is 10.4. The van der Waals surface area contributed by atoms with Crippen LogP contribution in [0.15, 0.2) is 0 Å². The minimum atomic E-state index is -0.225. The zero-order valence-corrected chi connectivity index (χ0v) is 9.87. The van der Waals surface area contributed by atoms with E-state index in [0.29, 0.717) is 6.42 Å². The van der Waals surface area contributed by atoms with Gasteiger partial charge in [-0.05, 0) is 31.4 Å². The van der Waals surface area contributed by atoms with Gasteiger partial charge in [0.1, 0.15) is 0 Å². The quantitative estimate of drug-likeness (QED) is 0.545. The van der Waals surface area contributed by atoms with E-state index in [9.17, 15) is 4.79 Å². The Bertz CT molecular complexity index is 142. The van der Waals surface area contributed by atoms with Crippen molar-refractivity contribution in [1.29, 1.82) is 0 Å². The molecule has 84 valence electrons. The summed E-state index contributed by atoms with van der Waals surface area (Å²) in [7, 11) is 0. The maximum absolute atomic E-state index is 10.4. The fourth-order valence-corrected chi connectivity index (χ4v) is 1.68. The number of thioether (sulfide) groups is 1. The molecule has 3 N–H and O–H groups in total. The first-order valence-corrected chi connectivity index (χ1v) is 6.64.